The molecule has 0 heterocycles. The fourth-order valence-corrected chi connectivity index (χ4v) is 1.69. The van der Waals surface area contributed by atoms with Gasteiger partial charge in [-0.1, -0.05) is 11.6 Å². The predicted octanol–water partition coefficient (Wildman–Crippen LogP) is 1.73. The Labute approximate surface area is 129 Å². The second-order valence-electron chi connectivity index (χ2n) is 4.09. The molecule has 0 radical (unpaired) electrons. The molecule has 0 saturated heterocycles. The molecule has 2 N–H and O–H groups in total. The van der Waals surface area contributed by atoms with E-state index in [0.717, 1.165) is 18.2 Å². The summed E-state index contributed by atoms with van der Waals surface area (Å²) in [5.74, 6) is -1.70. The number of allylic oxidation sites excluding steroid dienone is 1. The first-order valence-corrected chi connectivity index (χ1v) is 6.16. The number of carbonyl (C=O) groups is 2. The molecule has 9 heteroatoms. The van der Waals surface area contributed by atoms with Crippen LogP contribution in [0, 0.1) is 21.4 Å². The third-order valence-corrected chi connectivity index (χ3v) is 2.82. The van der Waals surface area contributed by atoms with Crippen molar-refractivity contribution in [2.75, 3.05) is 6.61 Å². The van der Waals surface area contributed by atoms with Crippen molar-refractivity contribution in [2.45, 2.75) is 6.92 Å². The number of ether oxygens (including phenoxy) is 1. The number of nitrogens with zero attached hydrogens (tertiary/aromatic N) is 2. The van der Waals surface area contributed by atoms with Gasteiger partial charge < -0.3 is 10.5 Å². The maximum Gasteiger partial charge on any atom is 0.340 e. The summed E-state index contributed by atoms with van der Waals surface area (Å²) in [6.07, 6.45) is 0. The smallest absolute Gasteiger partial charge is 0.340 e. The van der Waals surface area contributed by atoms with Crippen molar-refractivity contribution < 1.29 is 19.2 Å². The van der Waals surface area contributed by atoms with Crippen LogP contribution in [0.2, 0.25) is 5.02 Å². The van der Waals surface area contributed by atoms with E-state index in [1.807, 2.05) is 0 Å². The lowest BCUT2D eigenvalue weighted by Crippen LogP contribution is -2.17. The lowest BCUT2D eigenvalue weighted by atomic mass is 10.1. The maximum atomic E-state index is 11.8. The van der Waals surface area contributed by atoms with Crippen molar-refractivity contribution in [2.24, 2.45) is 5.73 Å². The molecule has 0 aliphatic heterocycles. The van der Waals surface area contributed by atoms with Crippen LogP contribution in [0.4, 0.5) is 5.69 Å². The summed E-state index contributed by atoms with van der Waals surface area (Å²) in [5, 5.41) is 19.1. The SMILES string of the molecule is CC(N)=C(C#N)C(=O)COC(=O)c1ccc([N+](=O)[O-])cc1Cl. The summed E-state index contributed by atoms with van der Waals surface area (Å²) in [5.41, 5.74) is 4.64. The summed E-state index contributed by atoms with van der Waals surface area (Å²) in [6, 6.07) is 4.79. The largest absolute Gasteiger partial charge is 0.454 e. The third kappa shape index (κ3) is 4.04. The molecular weight excluding hydrogens is 314 g/mol. The Bertz CT molecular complexity index is 717. The van der Waals surface area contributed by atoms with Crippen molar-refractivity contribution in [3.8, 4) is 6.07 Å². The minimum atomic E-state index is -0.944. The molecule has 0 saturated carbocycles. The molecule has 114 valence electrons. The molecule has 1 aromatic carbocycles. The number of benzene rings is 1. The first kappa shape index (κ1) is 17.1. The van der Waals surface area contributed by atoms with E-state index in [1.165, 1.54) is 6.92 Å². The van der Waals surface area contributed by atoms with E-state index < -0.39 is 23.3 Å². The van der Waals surface area contributed by atoms with Gasteiger partial charge in [0.2, 0.25) is 5.78 Å². The van der Waals surface area contributed by atoms with Gasteiger partial charge in [-0.25, -0.2) is 4.79 Å². The van der Waals surface area contributed by atoms with Crippen molar-refractivity contribution >= 4 is 29.0 Å². The van der Waals surface area contributed by atoms with Gasteiger partial charge in [0.1, 0.15) is 11.6 Å². The highest BCUT2D eigenvalue weighted by atomic mass is 35.5. The molecule has 1 rings (SSSR count). The Morgan fingerprint density at radius 1 is 1.50 bits per heavy atom. The topological polar surface area (TPSA) is 136 Å². The van der Waals surface area contributed by atoms with Crippen LogP contribution >= 0.6 is 11.6 Å². The lowest BCUT2D eigenvalue weighted by Gasteiger charge is -2.06. The van der Waals surface area contributed by atoms with E-state index in [4.69, 9.17) is 27.3 Å². The van der Waals surface area contributed by atoms with Crippen molar-refractivity contribution in [3.05, 3.63) is 50.2 Å². The zero-order valence-corrected chi connectivity index (χ0v) is 12.1. The highest BCUT2D eigenvalue weighted by Crippen LogP contribution is 2.23. The number of rotatable bonds is 5. The summed E-state index contributed by atoms with van der Waals surface area (Å²) in [6.45, 7) is 0.676. The summed E-state index contributed by atoms with van der Waals surface area (Å²) < 4.78 is 4.72. The van der Waals surface area contributed by atoms with Crippen molar-refractivity contribution in [1.82, 2.24) is 0 Å². The molecule has 0 fully saturated rings. The molecule has 0 unspecified atom stereocenters. The van der Waals surface area contributed by atoms with Gasteiger partial charge in [-0.15, -0.1) is 0 Å². The van der Waals surface area contributed by atoms with Crippen molar-refractivity contribution in [1.29, 1.82) is 5.26 Å². The Morgan fingerprint density at radius 3 is 2.59 bits per heavy atom. The number of halogens is 1. The monoisotopic (exact) mass is 323 g/mol. The van der Waals surface area contributed by atoms with Crippen LogP contribution in [0.1, 0.15) is 17.3 Å². The molecule has 22 heavy (non-hydrogen) atoms. The van der Waals surface area contributed by atoms with E-state index in [9.17, 15) is 19.7 Å². The van der Waals surface area contributed by atoms with Gasteiger partial charge in [0.15, 0.2) is 6.61 Å². The quantitative estimate of drug-likeness (QED) is 0.286. The highest BCUT2D eigenvalue weighted by Gasteiger charge is 2.19. The van der Waals surface area contributed by atoms with E-state index in [2.05, 4.69) is 0 Å². The van der Waals surface area contributed by atoms with E-state index in [-0.39, 0.29) is 27.5 Å². The summed E-state index contributed by atoms with van der Waals surface area (Å²) in [7, 11) is 0. The second kappa shape index (κ2) is 7.19. The number of nitro benzene ring substituents is 1. The van der Waals surface area contributed by atoms with Crippen LogP contribution < -0.4 is 5.73 Å². The van der Waals surface area contributed by atoms with Gasteiger partial charge in [0, 0.05) is 17.8 Å². The normalized spacial score (nSPS) is 11.1. The number of ketones is 1. The van der Waals surface area contributed by atoms with Crippen molar-refractivity contribution in [3.63, 3.8) is 0 Å². The lowest BCUT2D eigenvalue weighted by molar-refractivity contribution is -0.384. The van der Waals surface area contributed by atoms with Crippen LogP contribution in [0.5, 0.6) is 0 Å². The van der Waals surface area contributed by atoms with Gasteiger partial charge in [-0.05, 0) is 13.0 Å². The Hall–Kier alpha value is -2.92. The van der Waals surface area contributed by atoms with Gasteiger partial charge in [-0.3, -0.25) is 14.9 Å². The van der Waals surface area contributed by atoms with Crippen LogP contribution in [0.15, 0.2) is 29.5 Å². The fourth-order valence-electron chi connectivity index (χ4n) is 1.43. The van der Waals surface area contributed by atoms with E-state index in [1.54, 1.807) is 6.07 Å². The van der Waals surface area contributed by atoms with E-state index in [0.29, 0.717) is 0 Å². The number of non-ortho nitro benzene ring substituents is 1. The molecule has 0 bridgehead atoms. The number of Topliss-reactive ketones (excluding diaryl/α,β-unsaturated/α-hetero) is 1. The highest BCUT2D eigenvalue weighted by molar-refractivity contribution is 6.33. The zero-order valence-electron chi connectivity index (χ0n) is 11.3. The number of hydrogen-bond acceptors (Lipinski definition) is 7. The Kier molecular flexibility index (Phi) is 5.60. The number of nitrogens with two attached hydrogens (primary N) is 1. The maximum absolute atomic E-state index is 11.8. The average molecular weight is 324 g/mol. The zero-order chi connectivity index (χ0) is 16.9. The summed E-state index contributed by atoms with van der Waals surface area (Å²) >= 11 is 5.75. The standard InChI is InChI=1S/C13H10ClN3O5/c1-7(16)10(5-15)12(18)6-22-13(19)9-3-2-8(17(20)21)4-11(9)14/h2-4H,6,16H2,1H3. The first-order chi connectivity index (χ1) is 10.3. The number of hydrogen-bond donors (Lipinski definition) is 1. The minimum absolute atomic E-state index is 0.0110. The van der Waals surface area contributed by atoms with Gasteiger partial charge in [-0.2, -0.15) is 5.26 Å². The predicted molar refractivity (Wildman–Crippen MR) is 75.9 cm³/mol. The minimum Gasteiger partial charge on any atom is -0.454 e. The number of nitriles is 1. The number of nitro groups is 1. The van der Waals surface area contributed by atoms with E-state index >= 15 is 0 Å². The second-order valence-corrected chi connectivity index (χ2v) is 4.50. The van der Waals surface area contributed by atoms with Gasteiger partial charge >= 0.3 is 5.97 Å². The molecule has 0 atom stereocenters. The average Bonchev–Trinajstić information content (AvgIpc) is 2.44. The molecule has 1 aromatic rings. The Morgan fingerprint density at radius 2 is 2.14 bits per heavy atom. The number of esters is 1. The van der Waals surface area contributed by atoms with Crippen LogP contribution in [0.3, 0.4) is 0 Å². The molecule has 8 nitrogen and oxygen atoms in total. The van der Waals surface area contributed by atoms with Crippen LogP contribution in [-0.2, 0) is 9.53 Å². The fraction of sp³-hybridized carbons (Fsp3) is 0.154. The molecule has 0 aromatic heterocycles. The van der Waals surface area contributed by atoms with Crippen LogP contribution in [0.25, 0.3) is 0 Å². The molecular formula is C13H10ClN3O5. The van der Waals surface area contributed by atoms with Gasteiger partial charge in [0.25, 0.3) is 5.69 Å². The molecule has 0 spiro atoms. The van der Waals surface area contributed by atoms with Crippen LogP contribution in [-0.4, -0.2) is 23.3 Å². The molecule has 0 aliphatic rings. The molecule has 0 amide bonds. The first-order valence-electron chi connectivity index (χ1n) is 5.78. The third-order valence-electron chi connectivity index (χ3n) is 2.50. The number of carbonyl (C=O) groups excluding carboxylic acids is 2. The van der Waals surface area contributed by atoms with Gasteiger partial charge in [0.05, 0.1) is 15.5 Å². The summed E-state index contributed by atoms with van der Waals surface area (Å²) in [4.78, 5) is 33.3. The Balaban J connectivity index is 2.83. The molecule has 0 aliphatic carbocycles.